The molecule has 0 aliphatic heterocycles. The van der Waals surface area contributed by atoms with Gasteiger partial charge in [-0.3, -0.25) is 0 Å². The molecule has 1 saturated carbocycles. The summed E-state index contributed by atoms with van der Waals surface area (Å²) in [7, 11) is 0. The maximum Gasteiger partial charge on any atom is 0.185 e. The number of hydrogen-bond donors (Lipinski definition) is 1. The molecule has 0 atom stereocenters. The number of hydrogen-bond acceptors (Lipinski definition) is 4. The predicted molar refractivity (Wildman–Crippen MR) is 58.6 cm³/mol. The van der Waals surface area contributed by atoms with Gasteiger partial charge in [0.1, 0.15) is 0 Å². The molecule has 1 aromatic rings. The fraction of sp³-hybridized carbons (Fsp3) is 0.700. The van der Waals surface area contributed by atoms with E-state index in [4.69, 9.17) is 5.11 Å². The minimum atomic E-state index is 0.110. The molecule has 0 unspecified atom stereocenters. The Bertz CT molecular complexity index is 296. The van der Waals surface area contributed by atoms with Gasteiger partial charge in [-0.2, -0.15) is 0 Å². The molecule has 0 spiro atoms. The summed E-state index contributed by atoms with van der Waals surface area (Å²) in [6.07, 6.45) is 4.51. The molecule has 14 heavy (non-hydrogen) atoms. The smallest absolute Gasteiger partial charge is 0.185 e. The van der Waals surface area contributed by atoms with Crippen LogP contribution in [0.15, 0.2) is 6.20 Å². The van der Waals surface area contributed by atoms with Crippen molar-refractivity contribution in [3.8, 4) is 0 Å². The van der Waals surface area contributed by atoms with E-state index in [9.17, 15) is 0 Å². The van der Waals surface area contributed by atoms with Crippen molar-refractivity contribution in [1.29, 1.82) is 0 Å². The molecule has 1 heterocycles. The summed E-state index contributed by atoms with van der Waals surface area (Å²) < 4.78 is 0. The van der Waals surface area contributed by atoms with E-state index in [1.807, 2.05) is 0 Å². The maximum absolute atomic E-state index is 8.95. The minimum Gasteiger partial charge on any atom is -0.391 e. The Labute approximate surface area is 88.4 Å². The largest absolute Gasteiger partial charge is 0.391 e. The van der Waals surface area contributed by atoms with Gasteiger partial charge in [0.2, 0.25) is 0 Å². The molecule has 1 N–H and O–H groups in total. The fourth-order valence-corrected chi connectivity index (χ4v) is 2.31. The molecule has 0 radical (unpaired) electrons. The summed E-state index contributed by atoms with van der Waals surface area (Å²) in [5.41, 5.74) is 0. The van der Waals surface area contributed by atoms with Crippen molar-refractivity contribution in [1.82, 2.24) is 4.98 Å². The molecule has 1 aromatic heterocycles. The zero-order valence-corrected chi connectivity index (χ0v) is 9.26. The first-order valence-electron chi connectivity index (χ1n) is 5.14. The van der Waals surface area contributed by atoms with E-state index in [-0.39, 0.29) is 6.61 Å². The number of nitrogens with zero attached hydrogens (tertiary/aromatic N) is 2. The van der Waals surface area contributed by atoms with E-state index in [1.54, 1.807) is 17.5 Å². The second kappa shape index (κ2) is 4.28. The molecule has 4 heteroatoms. The Balaban J connectivity index is 2.01. The van der Waals surface area contributed by atoms with Crippen LogP contribution in [0.4, 0.5) is 5.13 Å². The summed E-state index contributed by atoms with van der Waals surface area (Å²) >= 11 is 1.60. The fourth-order valence-electron chi connectivity index (χ4n) is 1.47. The monoisotopic (exact) mass is 212 g/mol. The highest BCUT2D eigenvalue weighted by molar-refractivity contribution is 7.15. The molecule has 1 aliphatic carbocycles. The quantitative estimate of drug-likeness (QED) is 0.809. The number of rotatable bonds is 5. The molecule has 0 amide bonds. The van der Waals surface area contributed by atoms with E-state index in [0.29, 0.717) is 0 Å². The molecule has 1 fully saturated rings. The standard InChI is InChI=1S/C10H16N2OS/c1-2-12(6-8-3-4-8)10-11-5-9(7-13)14-10/h5,8,13H,2-4,6-7H2,1H3. The van der Waals surface area contributed by atoms with Gasteiger partial charge in [-0.05, 0) is 25.7 Å². The topological polar surface area (TPSA) is 36.4 Å². The summed E-state index contributed by atoms with van der Waals surface area (Å²) in [6, 6.07) is 0. The lowest BCUT2D eigenvalue weighted by Gasteiger charge is -2.18. The Morgan fingerprint density at radius 2 is 2.43 bits per heavy atom. The van der Waals surface area contributed by atoms with E-state index < -0.39 is 0 Å². The summed E-state index contributed by atoms with van der Waals surface area (Å²) in [6.45, 7) is 4.41. The average Bonchev–Trinajstić information content (AvgIpc) is 2.90. The SMILES string of the molecule is CCN(CC1CC1)c1ncc(CO)s1. The third-order valence-corrected chi connectivity index (χ3v) is 3.57. The van der Waals surface area contributed by atoms with E-state index >= 15 is 0 Å². The van der Waals surface area contributed by atoms with Crippen LogP contribution in [0.5, 0.6) is 0 Å². The van der Waals surface area contributed by atoms with Crippen molar-refractivity contribution in [2.24, 2.45) is 5.92 Å². The number of aromatic nitrogens is 1. The van der Waals surface area contributed by atoms with Gasteiger partial charge in [0.25, 0.3) is 0 Å². The Morgan fingerprint density at radius 3 is 2.93 bits per heavy atom. The third kappa shape index (κ3) is 2.25. The van der Waals surface area contributed by atoms with Crippen LogP contribution in [0.25, 0.3) is 0 Å². The lowest BCUT2D eigenvalue weighted by molar-refractivity contribution is 0.285. The van der Waals surface area contributed by atoms with Crippen LogP contribution in [-0.4, -0.2) is 23.2 Å². The maximum atomic E-state index is 8.95. The van der Waals surface area contributed by atoms with Crippen LogP contribution in [0.1, 0.15) is 24.6 Å². The zero-order valence-electron chi connectivity index (χ0n) is 8.44. The van der Waals surface area contributed by atoms with Gasteiger partial charge in [0.05, 0.1) is 11.5 Å². The molecule has 78 valence electrons. The second-order valence-corrected chi connectivity index (χ2v) is 4.84. The van der Waals surface area contributed by atoms with Crippen molar-refractivity contribution >= 4 is 16.5 Å². The van der Waals surface area contributed by atoms with Gasteiger partial charge in [-0.1, -0.05) is 11.3 Å². The van der Waals surface area contributed by atoms with Crippen molar-refractivity contribution in [2.75, 3.05) is 18.0 Å². The highest BCUT2D eigenvalue weighted by atomic mass is 32.1. The zero-order chi connectivity index (χ0) is 9.97. The van der Waals surface area contributed by atoms with Crippen molar-refractivity contribution in [2.45, 2.75) is 26.4 Å². The first kappa shape index (κ1) is 9.93. The van der Waals surface area contributed by atoms with E-state index in [1.165, 1.54) is 12.8 Å². The van der Waals surface area contributed by atoms with Gasteiger partial charge in [0, 0.05) is 19.3 Å². The highest BCUT2D eigenvalue weighted by Crippen LogP contribution is 2.32. The number of anilines is 1. The first-order chi connectivity index (χ1) is 6.83. The first-order valence-corrected chi connectivity index (χ1v) is 5.95. The Morgan fingerprint density at radius 1 is 1.64 bits per heavy atom. The van der Waals surface area contributed by atoms with Crippen molar-refractivity contribution in [3.63, 3.8) is 0 Å². The van der Waals surface area contributed by atoms with Gasteiger partial charge in [-0.25, -0.2) is 4.98 Å². The lowest BCUT2D eigenvalue weighted by atomic mass is 10.4. The summed E-state index contributed by atoms with van der Waals surface area (Å²) in [5.74, 6) is 0.886. The summed E-state index contributed by atoms with van der Waals surface area (Å²) in [4.78, 5) is 7.58. The lowest BCUT2D eigenvalue weighted by Crippen LogP contribution is -2.24. The van der Waals surface area contributed by atoms with E-state index in [2.05, 4.69) is 16.8 Å². The molecular weight excluding hydrogens is 196 g/mol. The van der Waals surface area contributed by atoms with Crippen LogP contribution in [0, 0.1) is 5.92 Å². The molecular formula is C10H16N2OS. The Hall–Kier alpha value is -0.610. The molecule has 0 saturated heterocycles. The molecule has 0 aromatic carbocycles. The van der Waals surface area contributed by atoms with Crippen LogP contribution in [-0.2, 0) is 6.61 Å². The third-order valence-electron chi connectivity index (χ3n) is 2.52. The Kier molecular flexibility index (Phi) is 3.03. The minimum absolute atomic E-state index is 0.110. The number of aliphatic hydroxyl groups excluding tert-OH is 1. The van der Waals surface area contributed by atoms with Gasteiger partial charge in [-0.15, -0.1) is 0 Å². The summed E-state index contributed by atoms with van der Waals surface area (Å²) in [5, 5.41) is 10.0. The number of aliphatic hydroxyl groups is 1. The second-order valence-electron chi connectivity index (χ2n) is 3.75. The van der Waals surface area contributed by atoms with Crippen molar-refractivity contribution in [3.05, 3.63) is 11.1 Å². The van der Waals surface area contributed by atoms with Crippen LogP contribution in [0.3, 0.4) is 0 Å². The normalized spacial score (nSPS) is 15.9. The van der Waals surface area contributed by atoms with Crippen LogP contribution >= 0.6 is 11.3 Å². The molecule has 1 aliphatic rings. The van der Waals surface area contributed by atoms with E-state index in [0.717, 1.165) is 29.0 Å². The van der Waals surface area contributed by atoms with Crippen molar-refractivity contribution < 1.29 is 5.11 Å². The van der Waals surface area contributed by atoms with Crippen LogP contribution < -0.4 is 4.90 Å². The van der Waals surface area contributed by atoms with Gasteiger partial charge in [0.15, 0.2) is 5.13 Å². The van der Waals surface area contributed by atoms with Crippen LogP contribution in [0.2, 0.25) is 0 Å². The average molecular weight is 212 g/mol. The van der Waals surface area contributed by atoms with Gasteiger partial charge < -0.3 is 10.0 Å². The highest BCUT2D eigenvalue weighted by Gasteiger charge is 2.24. The molecule has 2 rings (SSSR count). The predicted octanol–water partition coefficient (Wildman–Crippen LogP) is 1.87. The number of thiazole rings is 1. The molecule has 3 nitrogen and oxygen atoms in total. The molecule has 0 bridgehead atoms. The van der Waals surface area contributed by atoms with Gasteiger partial charge >= 0.3 is 0 Å².